The Bertz CT molecular complexity index is 992. The third-order valence-corrected chi connectivity index (χ3v) is 5.33. The lowest BCUT2D eigenvalue weighted by Gasteiger charge is -2.08. The van der Waals surface area contributed by atoms with E-state index in [9.17, 15) is 8.42 Å². The van der Waals surface area contributed by atoms with Crippen molar-refractivity contribution >= 4 is 21.3 Å². The van der Waals surface area contributed by atoms with Gasteiger partial charge in [0.2, 0.25) is 5.69 Å². The highest BCUT2D eigenvalue weighted by molar-refractivity contribution is 7.85. The van der Waals surface area contributed by atoms with Crippen LogP contribution in [0.15, 0.2) is 90.3 Å². The largest absolute Gasteiger partial charge is 0.375 e. The molecule has 0 atom stereocenters. The number of hydrogen-bond donors (Lipinski definition) is 1. The first kappa shape index (κ1) is 17.1. The van der Waals surface area contributed by atoms with E-state index in [0.717, 1.165) is 22.3 Å². The number of benzene rings is 3. The third-order valence-electron chi connectivity index (χ3n) is 3.95. The van der Waals surface area contributed by atoms with Gasteiger partial charge in [-0.2, -0.15) is 8.42 Å². The van der Waals surface area contributed by atoms with Gasteiger partial charge in [0, 0.05) is 11.6 Å². The van der Waals surface area contributed by atoms with Crippen LogP contribution in [0.2, 0.25) is 0 Å². The minimum Gasteiger partial charge on any atom is -0.163 e. The highest BCUT2D eigenvalue weighted by atomic mass is 32.2. The Balaban J connectivity index is 1.96. The van der Waals surface area contributed by atoms with Gasteiger partial charge in [0.1, 0.15) is 4.90 Å². The van der Waals surface area contributed by atoms with Crippen molar-refractivity contribution in [2.45, 2.75) is 11.8 Å². The Morgan fingerprint density at radius 1 is 0.840 bits per heavy atom. The molecule has 0 aliphatic carbocycles. The quantitative estimate of drug-likeness (QED) is 0.767. The molecule has 1 N–H and O–H groups in total. The lowest BCUT2D eigenvalue weighted by molar-refractivity contribution is -0.397. The smallest absolute Gasteiger partial charge is 0.163 e. The molecule has 3 rings (SSSR count). The molecule has 0 bridgehead atoms. The molecular weight excluding hydrogens is 330 g/mol. The van der Waals surface area contributed by atoms with Crippen LogP contribution in [0, 0.1) is 6.92 Å². The first-order valence-electron chi connectivity index (χ1n) is 7.90. The van der Waals surface area contributed by atoms with E-state index in [2.05, 4.69) is 11.3 Å². The second kappa shape index (κ2) is 7.05. The maximum atomic E-state index is 12.7. The maximum Gasteiger partial charge on any atom is 0.375 e. The van der Waals surface area contributed by atoms with Gasteiger partial charge in [-0.3, -0.25) is 0 Å². The van der Waals surface area contributed by atoms with E-state index in [1.165, 1.54) is 0 Å². The van der Waals surface area contributed by atoms with Crippen molar-refractivity contribution in [3.63, 3.8) is 0 Å². The SMILES string of the molecule is C=C(c1ccccc1)c1ccccc1[NH+]S(=O)(=O)c1ccc(C)cc1. The summed E-state index contributed by atoms with van der Waals surface area (Å²) in [6.45, 7) is 6.05. The van der Waals surface area contributed by atoms with Crippen LogP contribution in [0.1, 0.15) is 16.7 Å². The van der Waals surface area contributed by atoms with Crippen LogP contribution < -0.4 is 4.72 Å². The molecule has 0 aliphatic heterocycles. The highest BCUT2D eigenvalue weighted by Gasteiger charge is 2.26. The van der Waals surface area contributed by atoms with Crippen LogP contribution >= 0.6 is 0 Å². The zero-order chi connectivity index (χ0) is 17.9. The van der Waals surface area contributed by atoms with Gasteiger partial charge in [0.05, 0.1) is 0 Å². The normalized spacial score (nSPS) is 11.2. The molecule has 0 fully saturated rings. The average Bonchev–Trinajstić information content (AvgIpc) is 2.62. The van der Waals surface area contributed by atoms with Gasteiger partial charge < -0.3 is 0 Å². The molecule has 25 heavy (non-hydrogen) atoms. The molecule has 3 nitrogen and oxygen atoms in total. The summed E-state index contributed by atoms with van der Waals surface area (Å²) in [5.74, 6) is 0. The summed E-state index contributed by atoms with van der Waals surface area (Å²) >= 11 is 0. The predicted octanol–water partition coefficient (Wildman–Crippen LogP) is 3.43. The van der Waals surface area contributed by atoms with Crippen molar-refractivity contribution in [1.29, 1.82) is 0 Å². The Morgan fingerprint density at radius 3 is 2.12 bits per heavy atom. The van der Waals surface area contributed by atoms with Gasteiger partial charge in [0.25, 0.3) is 0 Å². The number of aryl methyl sites for hydroxylation is 1. The topological polar surface area (TPSA) is 49.7 Å². The number of nitrogens with one attached hydrogen (secondary N) is 1. The van der Waals surface area contributed by atoms with Crippen LogP contribution in [0.4, 0.5) is 5.69 Å². The van der Waals surface area contributed by atoms with E-state index in [1.807, 2.05) is 49.4 Å². The van der Waals surface area contributed by atoms with Crippen molar-refractivity contribution < 1.29 is 13.1 Å². The average molecular weight is 349 g/mol. The van der Waals surface area contributed by atoms with Crippen molar-refractivity contribution in [3.8, 4) is 0 Å². The second-order valence-electron chi connectivity index (χ2n) is 5.81. The lowest BCUT2D eigenvalue weighted by Crippen LogP contribution is -2.81. The van der Waals surface area contributed by atoms with Crippen LogP contribution in [-0.4, -0.2) is 8.42 Å². The fourth-order valence-corrected chi connectivity index (χ4v) is 3.63. The number of hydrogen-bond acceptors (Lipinski definition) is 2. The standard InChI is InChI=1S/C21H19NO2S/c1-16-12-14-19(15-13-16)25(23,24)22-21-11-7-6-10-20(21)17(2)18-8-4-3-5-9-18/h3-15,22H,2H2,1H3/q+1. The Morgan fingerprint density at radius 2 is 1.44 bits per heavy atom. The predicted molar refractivity (Wildman–Crippen MR) is 100 cm³/mol. The molecule has 125 valence electrons. The third kappa shape index (κ3) is 3.87. The minimum absolute atomic E-state index is 0.234. The van der Waals surface area contributed by atoms with Crippen molar-refractivity contribution in [1.82, 2.24) is 0 Å². The highest BCUT2D eigenvalue weighted by Crippen LogP contribution is 2.25. The summed E-state index contributed by atoms with van der Waals surface area (Å²) in [6, 6.07) is 23.7. The first-order valence-corrected chi connectivity index (χ1v) is 9.39. The Hall–Kier alpha value is -2.69. The molecule has 3 aromatic carbocycles. The summed E-state index contributed by atoms with van der Waals surface area (Å²) in [7, 11) is -3.66. The Labute approximate surface area is 148 Å². The fourth-order valence-electron chi connectivity index (χ4n) is 2.55. The molecule has 4 heteroatoms. The molecule has 0 saturated carbocycles. The summed E-state index contributed by atoms with van der Waals surface area (Å²) in [4.78, 5) is 0.234. The molecule has 0 amide bonds. The molecule has 0 aromatic heterocycles. The van der Waals surface area contributed by atoms with Gasteiger partial charge in [-0.1, -0.05) is 66.7 Å². The lowest BCUT2D eigenvalue weighted by atomic mass is 9.98. The molecule has 1 radical (unpaired) electrons. The van der Waals surface area contributed by atoms with Gasteiger partial charge in [-0.25, -0.2) is 0 Å². The van der Waals surface area contributed by atoms with E-state index < -0.39 is 10.0 Å². The number of anilines is 1. The summed E-state index contributed by atoms with van der Waals surface area (Å²) in [5.41, 5.74) is 3.99. The minimum atomic E-state index is -3.66. The van der Waals surface area contributed by atoms with Crippen LogP contribution in [0.25, 0.3) is 5.57 Å². The molecular formula is C21H19NO2S+. The fraction of sp³-hybridized carbons (Fsp3) is 0.0476. The van der Waals surface area contributed by atoms with Gasteiger partial charge in [0.15, 0.2) is 0 Å². The zero-order valence-electron chi connectivity index (χ0n) is 13.9. The molecule has 0 spiro atoms. The van der Waals surface area contributed by atoms with Crippen LogP contribution in [0.5, 0.6) is 0 Å². The van der Waals surface area contributed by atoms with E-state index in [0.29, 0.717) is 5.69 Å². The van der Waals surface area contributed by atoms with Crippen LogP contribution in [-0.2, 0) is 10.0 Å². The van der Waals surface area contributed by atoms with Gasteiger partial charge >= 0.3 is 10.0 Å². The zero-order valence-corrected chi connectivity index (χ0v) is 14.8. The summed E-state index contributed by atoms with van der Waals surface area (Å²) in [5, 5.41) is 0. The summed E-state index contributed by atoms with van der Waals surface area (Å²) < 4.78 is 28.1. The van der Waals surface area contributed by atoms with Crippen molar-refractivity contribution in [2.24, 2.45) is 0 Å². The maximum absolute atomic E-state index is 12.7. The van der Waals surface area contributed by atoms with Crippen molar-refractivity contribution in [2.75, 3.05) is 0 Å². The number of para-hydroxylation sites is 1. The number of sulfonamides is 1. The van der Waals surface area contributed by atoms with E-state index in [4.69, 9.17) is 0 Å². The van der Waals surface area contributed by atoms with Crippen molar-refractivity contribution in [3.05, 3.63) is 102 Å². The van der Waals surface area contributed by atoms with Crippen LogP contribution in [0.3, 0.4) is 0 Å². The van der Waals surface area contributed by atoms with E-state index in [-0.39, 0.29) is 4.90 Å². The molecule has 0 aliphatic rings. The molecule has 0 unspecified atom stereocenters. The van der Waals surface area contributed by atoms with Gasteiger partial charge in [-0.05, 0) is 41.0 Å². The summed E-state index contributed by atoms with van der Waals surface area (Å²) in [6.07, 6.45) is 0. The molecule has 3 aromatic rings. The molecule has 0 saturated heterocycles. The first-order chi connectivity index (χ1) is 12.0. The van der Waals surface area contributed by atoms with E-state index in [1.54, 1.807) is 36.4 Å². The van der Waals surface area contributed by atoms with Gasteiger partial charge in [-0.15, -0.1) is 0 Å². The number of rotatable bonds is 5. The molecule has 0 heterocycles. The Kier molecular flexibility index (Phi) is 4.83. The second-order valence-corrected chi connectivity index (χ2v) is 7.49. The van der Waals surface area contributed by atoms with E-state index >= 15 is 0 Å². The monoisotopic (exact) mass is 349 g/mol.